The van der Waals surface area contributed by atoms with Gasteiger partial charge in [0.15, 0.2) is 0 Å². The van der Waals surface area contributed by atoms with Crippen LogP contribution >= 0.6 is 0 Å². The minimum Gasteiger partial charge on any atom is -0.457 e. The molecule has 138 valence electrons. The number of ether oxygens (including phenoxy) is 1. The molecule has 0 aromatic heterocycles. The number of hydrogen-bond acceptors (Lipinski definition) is 3. The van der Waals surface area contributed by atoms with E-state index >= 15 is 0 Å². The van der Waals surface area contributed by atoms with Crippen molar-refractivity contribution in [1.29, 1.82) is 0 Å². The number of nitro groups is 1. The fourth-order valence-corrected chi connectivity index (χ4v) is 2.37. The third kappa shape index (κ3) is 5.31. The average molecular weight is 345 g/mol. The van der Waals surface area contributed by atoms with Crippen molar-refractivity contribution >= 4 is 5.69 Å². The maximum Gasteiger partial charge on any atom is 0.269 e. The topological polar surface area (TPSA) is 52.4 Å². The summed E-state index contributed by atoms with van der Waals surface area (Å²) in [5, 5.41) is 10.7. The predicted octanol–water partition coefficient (Wildman–Crippen LogP) is 6.98. The molecule has 4 heteroatoms. The van der Waals surface area contributed by atoms with Gasteiger partial charge in [-0.25, -0.2) is 0 Å². The first-order chi connectivity index (χ1) is 11.8. The van der Waals surface area contributed by atoms with Gasteiger partial charge in [-0.2, -0.15) is 0 Å². The van der Waals surface area contributed by atoms with Crippen molar-refractivity contribution in [3.8, 4) is 11.5 Å². The summed E-state index contributed by atoms with van der Waals surface area (Å²) in [6.07, 6.45) is 0. The van der Waals surface area contributed by atoms with Crippen LogP contribution in [0.5, 0.6) is 11.5 Å². The van der Waals surface area contributed by atoms with Gasteiger partial charge < -0.3 is 4.74 Å². The summed E-state index contributed by atoms with van der Waals surface area (Å²) in [4.78, 5) is 10.3. The van der Waals surface area contributed by atoms with Crippen LogP contribution in [0.15, 0.2) is 24.3 Å². The van der Waals surface area contributed by atoms with E-state index in [4.69, 9.17) is 4.74 Å². The Hall–Kier alpha value is -2.36. The minimum absolute atomic E-state index is 0.0621. The Morgan fingerprint density at radius 3 is 1.44 bits per heavy atom. The Kier molecular flexibility index (Phi) is 9.50. The van der Waals surface area contributed by atoms with Crippen molar-refractivity contribution in [3.63, 3.8) is 0 Å². The normalized spacial score (nSPS) is 9.32. The summed E-state index contributed by atoms with van der Waals surface area (Å²) in [6.45, 7) is 18.4. The molecule has 0 bridgehead atoms. The summed E-state index contributed by atoms with van der Waals surface area (Å²) < 4.78 is 5.97. The van der Waals surface area contributed by atoms with Crippen LogP contribution in [-0.4, -0.2) is 4.92 Å². The van der Waals surface area contributed by atoms with Crippen LogP contribution in [-0.2, 0) is 0 Å². The van der Waals surface area contributed by atoms with E-state index in [1.54, 1.807) is 12.1 Å². The summed E-state index contributed by atoms with van der Waals surface area (Å²) in [6, 6.07) is 6.16. The van der Waals surface area contributed by atoms with Crippen LogP contribution in [0.3, 0.4) is 0 Å². The smallest absolute Gasteiger partial charge is 0.269 e. The van der Waals surface area contributed by atoms with Gasteiger partial charge in [-0.05, 0) is 74.6 Å². The van der Waals surface area contributed by atoms with Crippen molar-refractivity contribution < 1.29 is 9.66 Å². The first kappa shape index (κ1) is 22.6. The first-order valence-corrected chi connectivity index (χ1v) is 8.82. The van der Waals surface area contributed by atoms with Crippen LogP contribution in [0.4, 0.5) is 5.69 Å². The zero-order chi connectivity index (χ0) is 19.7. The van der Waals surface area contributed by atoms with E-state index < -0.39 is 4.92 Å². The fraction of sp³-hybridized carbons (Fsp3) is 0.429. The molecule has 2 rings (SSSR count). The Labute approximate surface area is 152 Å². The van der Waals surface area contributed by atoms with E-state index in [-0.39, 0.29) is 5.69 Å². The molecular weight excluding hydrogens is 314 g/mol. The molecule has 0 unspecified atom stereocenters. The van der Waals surface area contributed by atoms with Gasteiger partial charge in [0.2, 0.25) is 0 Å². The van der Waals surface area contributed by atoms with Gasteiger partial charge >= 0.3 is 0 Å². The average Bonchev–Trinajstić information content (AvgIpc) is 2.65. The lowest BCUT2D eigenvalue weighted by Crippen LogP contribution is -2.00. The second-order valence-corrected chi connectivity index (χ2v) is 5.31. The number of nitro benzene ring substituents is 1. The fourth-order valence-electron chi connectivity index (χ4n) is 2.37. The monoisotopic (exact) mass is 345 g/mol. The van der Waals surface area contributed by atoms with Crippen LogP contribution < -0.4 is 4.74 Å². The van der Waals surface area contributed by atoms with Crippen LogP contribution in [0.25, 0.3) is 0 Å². The van der Waals surface area contributed by atoms with E-state index in [1.807, 2.05) is 41.5 Å². The van der Waals surface area contributed by atoms with E-state index in [9.17, 15) is 10.1 Å². The van der Waals surface area contributed by atoms with Crippen molar-refractivity contribution in [1.82, 2.24) is 0 Å². The first-order valence-electron chi connectivity index (χ1n) is 8.82. The molecule has 0 fully saturated rings. The molecule has 2 aromatic rings. The molecule has 0 atom stereocenters. The van der Waals surface area contributed by atoms with E-state index in [1.165, 1.54) is 28.8 Å². The van der Waals surface area contributed by atoms with E-state index in [0.717, 1.165) is 16.9 Å². The van der Waals surface area contributed by atoms with Crippen molar-refractivity contribution in [2.24, 2.45) is 0 Å². The number of nitrogens with zero attached hydrogens (tertiary/aromatic N) is 1. The minimum atomic E-state index is -0.416. The third-order valence-electron chi connectivity index (χ3n) is 4.20. The van der Waals surface area contributed by atoms with Crippen molar-refractivity contribution in [3.05, 3.63) is 62.2 Å². The highest BCUT2D eigenvalue weighted by Gasteiger charge is 2.14. The van der Waals surface area contributed by atoms with Gasteiger partial charge in [-0.1, -0.05) is 27.7 Å². The molecule has 0 heterocycles. The Morgan fingerprint density at radius 2 is 1.08 bits per heavy atom. The second kappa shape index (κ2) is 10.5. The Bertz CT molecular complexity index is 675. The molecule has 2 aromatic carbocycles. The molecule has 0 saturated carbocycles. The molecule has 0 N–H and O–H groups in total. The molecule has 25 heavy (non-hydrogen) atoms. The van der Waals surface area contributed by atoms with Crippen molar-refractivity contribution in [2.45, 2.75) is 62.3 Å². The molecule has 0 aliphatic rings. The van der Waals surface area contributed by atoms with Crippen LogP contribution in [0.1, 0.15) is 55.5 Å². The third-order valence-corrected chi connectivity index (χ3v) is 4.20. The maximum absolute atomic E-state index is 10.7. The van der Waals surface area contributed by atoms with Gasteiger partial charge in [-0.15, -0.1) is 0 Å². The van der Waals surface area contributed by atoms with E-state index in [0.29, 0.717) is 5.75 Å². The number of benzene rings is 2. The summed E-state index contributed by atoms with van der Waals surface area (Å²) in [7, 11) is 0. The lowest BCUT2D eigenvalue weighted by molar-refractivity contribution is -0.384. The van der Waals surface area contributed by atoms with Gasteiger partial charge in [0.25, 0.3) is 5.69 Å². The molecule has 0 radical (unpaired) electrons. The standard InChI is InChI=1S/C17H19NO3.2C2H6/c1-10-11(2)13(4)17(14(5)12(10)3)21-16-8-6-15(7-9-16)18(19)20;2*1-2/h6-9H,1-5H3;2*1-2H3. The second-order valence-electron chi connectivity index (χ2n) is 5.31. The van der Waals surface area contributed by atoms with Gasteiger partial charge in [-0.3, -0.25) is 10.1 Å². The SMILES string of the molecule is CC.CC.Cc1c(C)c(C)c(Oc2ccc([N+](=O)[O-])cc2)c(C)c1C. The van der Waals surface area contributed by atoms with Gasteiger partial charge in [0.05, 0.1) is 4.92 Å². The molecule has 0 spiro atoms. The van der Waals surface area contributed by atoms with E-state index in [2.05, 4.69) is 20.8 Å². The zero-order valence-corrected chi connectivity index (χ0v) is 17.0. The number of non-ortho nitro benzene ring substituents is 1. The lowest BCUT2D eigenvalue weighted by atomic mass is 9.94. The Balaban J connectivity index is 0.00000134. The molecule has 0 aliphatic heterocycles. The lowest BCUT2D eigenvalue weighted by Gasteiger charge is -2.18. The highest BCUT2D eigenvalue weighted by atomic mass is 16.6. The zero-order valence-electron chi connectivity index (χ0n) is 17.0. The number of rotatable bonds is 3. The highest BCUT2D eigenvalue weighted by Crippen LogP contribution is 2.35. The Morgan fingerprint density at radius 1 is 0.720 bits per heavy atom. The predicted molar refractivity (Wildman–Crippen MR) is 106 cm³/mol. The summed E-state index contributed by atoms with van der Waals surface area (Å²) in [5.74, 6) is 1.44. The number of hydrogen-bond donors (Lipinski definition) is 0. The largest absolute Gasteiger partial charge is 0.457 e. The molecule has 4 nitrogen and oxygen atoms in total. The quantitative estimate of drug-likeness (QED) is 0.445. The van der Waals surface area contributed by atoms with Crippen molar-refractivity contribution in [2.75, 3.05) is 0 Å². The highest BCUT2D eigenvalue weighted by molar-refractivity contribution is 5.55. The molecule has 0 amide bonds. The summed E-state index contributed by atoms with van der Waals surface area (Å²) >= 11 is 0. The molecule has 0 aliphatic carbocycles. The van der Waals surface area contributed by atoms with Gasteiger partial charge in [0.1, 0.15) is 11.5 Å². The summed E-state index contributed by atoms with van der Waals surface area (Å²) in [5.41, 5.74) is 5.99. The van der Waals surface area contributed by atoms with Crippen LogP contribution in [0.2, 0.25) is 0 Å². The molecule has 0 saturated heterocycles. The van der Waals surface area contributed by atoms with Crippen LogP contribution in [0, 0.1) is 44.7 Å². The molecular formula is C21H31NO3. The maximum atomic E-state index is 10.7. The van der Waals surface area contributed by atoms with Gasteiger partial charge in [0, 0.05) is 12.1 Å².